The van der Waals surface area contributed by atoms with Crippen molar-refractivity contribution in [2.24, 2.45) is 0 Å². The molecule has 0 aliphatic heterocycles. The van der Waals surface area contributed by atoms with Crippen molar-refractivity contribution in [3.05, 3.63) is 58.6 Å². The maximum atomic E-state index is 12.5. The van der Waals surface area contributed by atoms with Crippen molar-refractivity contribution in [3.63, 3.8) is 0 Å². The Bertz CT molecular complexity index is 743. The van der Waals surface area contributed by atoms with Gasteiger partial charge in [0.1, 0.15) is 4.90 Å². The quantitative estimate of drug-likeness (QED) is 0.879. The summed E-state index contributed by atoms with van der Waals surface area (Å²) in [7, 11) is -2.12. The van der Waals surface area contributed by atoms with E-state index in [1.165, 1.54) is 29.6 Å². The van der Waals surface area contributed by atoms with Crippen LogP contribution in [0.25, 0.3) is 0 Å². The summed E-state index contributed by atoms with van der Waals surface area (Å²) < 4.78 is 26.3. The molecule has 6 heteroatoms. The van der Waals surface area contributed by atoms with Crippen LogP contribution in [0.1, 0.15) is 11.1 Å². The van der Waals surface area contributed by atoms with Crippen LogP contribution in [0.5, 0.6) is 0 Å². The summed E-state index contributed by atoms with van der Waals surface area (Å²) in [6, 6.07) is 12.1. The average Bonchev–Trinajstić information content (AvgIpc) is 2.40. The number of anilines is 1. The van der Waals surface area contributed by atoms with Gasteiger partial charge in [0.2, 0.25) is 10.0 Å². The Hall–Kier alpha value is -1.56. The van der Waals surface area contributed by atoms with Crippen LogP contribution in [0, 0.1) is 6.92 Å². The van der Waals surface area contributed by atoms with Crippen molar-refractivity contribution >= 4 is 27.3 Å². The van der Waals surface area contributed by atoms with Gasteiger partial charge in [-0.3, -0.25) is 0 Å². The first-order valence-corrected chi connectivity index (χ1v) is 8.19. The van der Waals surface area contributed by atoms with Gasteiger partial charge in [-0.1, -0.05) is 41.4 Å². The predicted octanol–water partition coefficient (Wildman–Crippen LogP) is 3.05. The highest BCUT2D eigenvalue weighted by molar-refractivity contribution is 7.89. The van der Waals surface area contributed by atoms with Gasteiger partial charge in [-0.25, -0.2) is 8.42 Å². The van der Waals surface area contributed by atoms with E-state index in [2.05, 4.69) is 0 Å². The van der Waals surface area contributed by atoms with Crippen molar-refractivity contribution in [1.29, 1.82) is 0 Å². The van der Waals surface area contributed by atoms with Gasteiger partial charge >= 0.3 is 0 Å². The minimum Gasteiger partial charge on any atom is -0.399 e. The number of hydrogen-bond donors (Lipinski definition) is 1. The minimum absolute atomic E-state index is 0.0629. The second-order valence-electron chi connectivity index (χ2n) is 4.94. The van der Waals surface area contributed by atoms with Crippen LogP contribution in [-0.4, -0.2) is 19.8 Å². The molecule has 2 aromatic carbocycles. The van der Waals surface area contributed by atoms with Gasteiger partial charge < -0.3 is 5.73 Å². The SMILES string of the molecule is Cc1ccc(CN(C)S(=O)(=O)c2ccc(N)cc2Cl)cc1. The van der Waals surface area contributed by atoms with Crippen LogP contribution in [0.4, 0.5) is 5.69 Å². The molecular weight excluding hydrogens is 308 g/mol. The number of nitrogen functional groups attached to an aromatic ring is 1. The lowest BCUT2D eigenvalue weighted by Crippen LogP contribution is -2.26. The van der Waals surface area contributed by atoms with E-state index in [9.17, 15) is 8.42 Å². The van der Waals surface area contributed by atoms with E-state index in [-0.39, 0.29) is 16.5 Å². The standard InChI is InChI=1S/C15H17ClN2O2S/c1-11-3-5-12(6-4-11)10-18(2)21(19,20)15-8-7-13(17)9-14(15)16/h3-9H,10,17H2,1-2H3. The van der Waals surface area contributed by atoms with Gasteiger partial charge in [-0.05, 0) is 30.7 Å². The molecule has 0 saturated carbocycles. The van der Waals surface area contributed by atoms with E-state index in [0.717, 1.165) is 11.1 Å². The van der Waals surface area contributed by atoms with Crippen LogP contribution >= 0.6 is 11.6 Å². The number of sulfonamides is 1. The smallest absolute Gasteiger partial charge is 0.244 e. The number of rotatable bonds is 4. The van der Waals surface area contributed by atoms with Crippen molar-refractivity contribution in [2.75, 3.05) is 12.8 Å². The number of benzene rings is 2. The highest BCUT2D eigenvalue weighted by Crippen LogP contribution is 2.26. The number of halogens is 1. The Kier molecular flexibility index (Phi) is 4.56. The maximum absolute atomic E-state index is 12.5. The lowest BCUT2D eigenvalue weighted by Gasteiger charge is -2.18. The topological polar surface area (TPSA) is 63.4 Å². The normalized spacial score (nSPS) is 11.8. The fourth-order valence-electron chi connectivity index (χ4n) is 1.93. The summed E-state index contributed by atoms with van der Waals surface area (Å²) in [6.45, 7) is 2.27. The summed E-state index contributed by atoms with van der Waals surface area (Å²) in [5.41, 5.74) is 8.07. The molecule has 2 N–H and O–H groups in total. The lowest BCUT2D eigenvalue weighted by atomic mass is 10.1. The molecule has 2 aromatic rings. The molecule has 0 fully saturated rings. The summed E-state index contributed by atoms with van der Waals surface area (Å²) in [5.74, 6) is 0. The molecule has 21 heavy (non-hydrogen) atoms. The molecule has 0 aliphatic rings. The molecule has 0 radical (unpaired) electrons. The van der Waals surface area contributed by atoms with E-state index in [4.69, 9.17) is 17.3 Å². The van der Waals surface area contributed by atoms with E-state index in [1.54, 1.807) is 0 Å². The first-order valence-electron chi connectivity index (χ1n) is 6.37. The second kappa shape index (κ2) is 6.05. The molecular formula is C15H17ClN2O2S. The molecule has 0 aliphatic carbocycles. The van der Waals surface area contributed by atoms with Gasteiger partial charge in [-0.15, -0.1) is 0 Å². The van der Waals surface area contributed by atoms with Gasteiger partial charge in [-0.2, -0.15) is 4.31 Å². The maximum Gasteiger partial charge on any atom is 0.244 e. The highest BCUT2D eigenvalue weighted by atomic mass is 35.5. The van der Waals surface area contributed by atoms with Crippen LogP contribution in [-0.2, 0) is 16.6 Å². The molecule has 0 atom stereocenters. The van der Waals surface area contributed by atoms with E-state index in [1.807, 2.05) is 31.2 Å². The Morgan fingerprint density at radius 2 is 1.76 bits per heavy atom. The average molecular weight is 325 g/mol. The highest BCUT2D eigenvalue weighted by Gasteiger charge is 2.23. The molecule has 0 heterocycles. The zero-order chi connectivity index (χ0) is 15.6. The molecule has 0 aromatic heterocycles. The summed E-state index contributed by atoms with van der Waals surface area (Å²) in [5, 5.41) is 0.130. The van der Waals surface area contributed by atoms with E-state index in [0.29, 0.717) is 5.69 Å². The van der Waals surface area contributed by atoms with Crippen LogP contribution in [0.2, 0.25) is 5.02 Å². The van der Waals surface area contributed by atoms with Gasteiger partial charge in [0.15, 0.2) is 0 Å². The van der Waals surface area contributed by atoms with Crippen LogP contribution < -0.4 is 5.73 Å². The van der Waals surface area contributed by atoms with Gasteiger partial charge in [0.05, 0.1) is 5.02 Å². The number of nitrogens with zero attached hydrogens (tertiary/aromatic N) is 1. The third-order valence-corrected chi connectivity index (χ3v) is 5.46. The van der Waals surface area contributed by atoms with Crippen LogP contribution in [0.15, 0.2) is 47.4 Å². The van der Waals surface area contributed by atoms with Gasteiger partial charge in [0.25, 0.3) is 0 Å². The first kappa shape index (κ1) is 15.8. The number of hydrogen-bond acceptors (Lipinski definition) is 3. The molecule has 0 spiro atoms. The summed E-state index contributed by atoms with van der Waals surface area (Å²) >= 11 is 6.00. The van der Waals surface area contributed by atoms with Crippen molar-refractivity contribution in [1.82, 2.24) is 4.31 Å². The molecule has 0 unspecified atom stereocenters. The zero-order valence-electron chi connectivity index (χ0n) is 11.9. The van der Waals surface area contributed by atoms with Crippen LogP contribution in [0.3, 0.4) is 0 Å². The van der Waals surface area contributed by atoms with Gasteiger partial charge in [0, 0.05) is 19.3 Å². The van der Waals surface area contributed by atoms with E-state index < -0.39 is 10.0 Å². The third-order valence-electron chi connectivity index (χ3n) is 3.17. The van der Waals surface area contributed by atoms with Crippen molar-refractivity contribution in [2.45, 2.75) is 18.4 Å². The Labute approximate surface area is 130 Å². The van der Waals surface area contributed by atoms with E-state index >= 15 is 0 Å². The number of nitrogens with two attached hydrogens (primary N) is 1. The summed E-state index contributed by atoms with van der Waals surface area (Å²) in [4.78, 5) is 0.0629. The monoisotopic (exact) mass is 324 g/mol. The Morgan fingerprint density at radius 1 is 1.14 bits per heavy atom. The third kappa shape index (κ3) is 3.56. The molecule has 0 bridgehead atoms. The minimum atomic E-state index is -3.65. The molecule has 112 valence electrons. The van der Waals surface area contributed by atoms with Crippen molar-refractivity contribution < 1.29 is 8.42 Å². The molecule has 0 amide bonds. The summed E-state index contributed by atoms with van der Waals surface area (Å²) in [6.07, 6.45) is 0. The zero-order valence-corrected chi connectivity index (χ0v) is 13.4. The predicted molar refractivity (Wildman–Crippen MR) is 85.7 cm³/mol. The van der Waals surface area contributed by atoms with Crippen molar-refractivity contribution in [3.8, 4) is 0 Å². The Balaban J connectivity index is 2.28. The lowest BCUT2D eigenvalue weighted by molar-refractivity contribution is 0.467. The molecule has 0 saturated heterocycles. The fraction of sp³-hybridized carbons (Fsp3) is 0.200. The molecule has 4 nitrogen and oxygen atoms in total. The Morgan fingerprint density at radius 3 is 2.33 bits per heavy atom. The molecule has 2 rings (SSSR count). The fourth-order valence-corrected chi connectivity index (χ4v) is 3.61. The first-order chi connectivity index (χ1) is 9.80. The number of aryl methyl sites for hydroxylation is 1. The second-order valence-corrected chi connectivity index (χ2v) is 7.36. The largest absolute Gasteiger partial charge is 0.399 e.